The minimum atomic E-state index is -0.938. The largest absolute Gasteiger partial charge is 0.488 e. The molecule has 0 fully saturated rings. The van der Waals surface area contributed by atoms with Crippen molar-refractivity contribution in [1.29, 1.82) is 0 Å². The van der Waals surface area contributed by atoms with Gasteiger partial charge in [-0.3, -0.25) is 0 Å². The first-order chi connectivity index (χ1) is 9.95. The molecule has 0 amide bonds. The summed E-state index contributed by atoms with van der Waals surface area (Å²) in [7, 11) is 0. The second-order valence-electron chi connectivity index (χ2n) is 4.99. The number of carbonyl (C=O) groups is 1. The molecule has 3 nitrogen and oxygen atoms in total. The Bertz CT molecular complexity index is 660. The van der Waals surface area contributed by atoms with Crippen LogP contribution in [0.1, 0.15) is 26.4 Å². The zero-order valence-electron chi connectivity index (χ0n) is 12.3. The number of ether oxygens (including phenoxy) is 1. The molecule has 0 bridgehead atoms. The van der Waals surface area contributed by atoms with Crippen molar-refractivity contribution in [3.05, 3.63) is 56.8 Å². The molecule has 0 atom stereocenters. The van der Waals surface area contributed by atoms with E-state index < -0.39 is 5.97 Å². The number of hydrogen-bond donors (Lipinski definition) is 1. The van der Waals surface area contributed by atoms with Gasteiger partial charge >= 0.3 is 5.97 Å². The zero-order chi connectivity index (χ0) is 15.4. The third-order valence-corrected chi connectivity index (χ3v) is 4.06. The van der Waals surface area contributed by atoms with Crippen LogP contribution in [0.4, 0.5) is 0 Å². The van der Waals surface area contributed by atoms with Gasteiger partial charge < -0.3 is 9.84 Å². The predicted octanol–water partition coefficient (Wildman–Crippen LogP) is 4.35. The van der Waals surface area contributed by atoms with E-state index in [9.17, 15) is 4.79 Å². The normalized spacial score (nSPS) is 11.0. The molecule has 1 heterocycles. The molecular weight excluding hydrogens is 284 g/mol. The zero-order valence-corrected chi connectivity index (χ0v) is 13.2. The van der Waals surface area contributed by atoms with Crippen LogP contribution in [0.5, 0.6) is 5.75 Å². The third-order valence-electron chi connectivity index (χ3n) is 3.04. The second kappa shape index (κ2) is 6.59. The first-order valence-electron chi connectivity index (χ1n) is 6.66. The van der Waals surface area contributed by atoms with Gasteiger partial charge in [-0.1, -0.05) is 17.7 Å². The number of hydrogen-bond acceptors (Lipinski definition) is 3. The van der Waals surface area contributed by atoms with Crippen molar-refractivity contribution in [3.63, 3.8) is 0 Å². The van der Waals surface area contributed by atoms with Crippen molar-refractivity contribution in [2.45, 2.75) is 27.4 Å². The Kier molecular flexibility index (Phi) is 4.81. The van der Waals surface area contributed by atoms with Crippen LogP contribution in [0.3, 0.4) is 0 Å². The Morgan fingerprint density at radius 3 is 2.52 bits per heavy atom. The Morgan fingerprint density at radius 2 is 1.90 bits per heavy atom. The lowest BCUT2D eigenvalue weighted by molar-refractivity contribution is -0.131. The Balaban J connectivity index is 2.05. The van der Waals surface area contributed by atoms with Crippen LogP contribution in [0.25, 0.3) is 6.08 Å². The van der Waals surface area contributed by atoms with Crippen LogP contribution in [0.2, 0.25) is 0 Å². The Labute approximate surface area is 128 Å². The number of aryl methyl sites for hydroxylation is 3. The van der Waals surface area contributed by atoms with Gasteiger partial charge in [-0.2, -0.15) is 0 Å². The molecule has 2 rings (SSSR count). The highest BCUT2D eigenvalue weighted by molar-refractivity contribution is 7.12. The molecule has 0 radical (unpaired) electrons. The van der Waals surface area contributed by atoms with Gasteiger partial charge in [-0.15, -0.1) is 11.3 Å². The lowest BCUT2D eigenvalue weighted by Crippen LogP contribution is -1.97. The summed E-state index contributed by atoms with van der Waals surface area (Å²) < 4.78 is 5.92. The summed E-state index contributed by atoms with van der Waals surface area (Å²) >= 11 is 1.53. The highest BCUT2D eigenvalue weighted by Gasteiger charge is 2.06. The fraction of sp³-hybridized carbons (Fsp3) is 0.235. The van der Waals surface area contributed by atoms with Crippen molar-refractivity contribution in [3.8, 4) is 5.75 Å². The Hall–Kier alpha value is -2.07. The van der Waals surface area contributed by atoms with Crippen LogP contribution >= 0.6 is 11.3 Å². The van der Waals surface area contributed by atoms with Crippen molar-refractivity contribution in [2.75, 3.05) is 0 Å². The number of rotatable bonds is 5. The molecule has 0 saturated heterocycles. The van der Waals surface area contributed by atoms with Crippen molar-refractivity contribution in [1.82, 2.24) is 0 Å². The van der Waals surface area contributed by atoms with E-state index in [1.54, 1.807) is 6.08 Å². The maximum atomic E-state index is 10.5. The van der Waals surface area contributed by atoms with Crippen molar-refractivity contribution >= 4 is 23.4 Å². The first-order valence-corrected chi connectivity index (χ1v) is 7.47. The highest BCUT2D eigenvalue weighted by atomic mass is 32.1. The lowest BCUT2D eigenvalue weighted by atomic mass is 10.1. The van der Waals surface area contributed by atoms with Crippen LogP contribution < -0.4 is 4.74 Å². The van der Waals surface area contributed by atoms with E-state index in [-0.39, 0.29) is 0 Å². The summed E-state index contributed by atoms with van der Waals surface area (Å²) in [6.07, 6.45) is 2.74. The van der Waals surface area contributed by atoms with E-state index in [0.717, 1.165) is 32.7 Å². The number of aliphatic carboxylic acids is 1. The monoisotopic (exact) mass is 302 g/mol. The van der Waals surface area contributed by atoms with Gasteiger partial charge in [0.1, 0.15) is 12.4 Å². The van der Waals surface area contributed by atoms with E-state index in [1.165, 1.54) is 16.9 Å². The van der Waals surface area contributed by atoms with E-state index in [0.29, 0.717) is 6.61 Å². The topological polar surface area (TPSA) is 46.5 Å². The molecule has 1 aromatic heterocycles. The molecule has 1 N–H and O–H groups in total. The van der Waals surface area contributed by atoms with Gasteiger partial charge in [-0.05, 0) is 50.1 Å². The number of carboxylic acids is 1. The van der Waals surface area contributed by atoms with Crippen LogP contribution in [0.15, 0.2) is 30.3 Å². The number of carboxylic acid groups (broad SMARTS) is 1. The third kappa shape index (κ3) is 4.20. The molecule has 0 aliphatic carbocycles. The maximum absolute atomic E-state index is 10.5. The molecule has 110 valence electrons. The summed E-state index contributed by atoms with van der Waals surface area (Å²) in [4.78, 5) is 12.5. The molecule has 2 aromatic rings. The maximum Gasteiger partial charge on any atom is 0.328 e. The smallest absolute Gasteiger partial charge is 0.328 e. The molecule has 0 aliphatic rings. The summed E-state index contributed by atoms with van der Waals surface area (Å²) in [6.45, 7) is 6.66. The summed E-state index contributed by atoms with van der Waals surface area (Å²) in [5.74, 6) is -0.0104. The fourth-order valence-electron chi connectivity index (χ4n) is 2.25. The van der Waals surface area contributed by atoms with E-state index in [1.807, 2.05) is 26.0 Å². The molecule has 0 saturated carbocycles. The van der Waals surface area contributed by atoms with Gasteiger partial charge in [0, 0.05) is 15.8 Å². The molecular formula is C17H18O3S. The van der Waals surface area contributed by atoms with E-state index in [4.69, 9.17) is 9.84 Å². The first kappa shape index (κ1) is 15.3. The number of thiophene rings is 1. The van der Waals surface area contributed by atoms with Gasteiger partial charge in [-0.25, -0.2) is 4.79 Å². The van der Waals surface area contributed by atoms with Gasteiger partial charge in [0.2, 0.25) is 0 Å². The fourth-order valence-corrected chi connectivity index (χ4v) is 3.08. The molecule has 1 aromatic carbocycles. The average molecular weight is 302 g/mol. The second-order valence-corrected chi connectivity index (χ2v) is 6.19. The summed E-state index contributed by atoms with van der Waals surface area (Å²) in [5, 5.41) is 8.61. The van der Waals surface area contributed by atoms with E-state index in [2.05, 4.69) is 19.1 Å². The number of benzene rings is 1. The summed E-state index contributed by atoms with van der Waals surface area (Å²) in [6, 6.07) is 8.08. The molecule has 4 heteroatoms. The van der Waals surface area contributed by atoms with Crippen molar-refractivity contribution in [2.24, 2.45) is 0 Å². The highest BCUT2D eigenvalue weighted by Crippen LogP contribution is 2.27. The Morgan fingerprint density at radius 1 is 1.24 bits per heavy atom. The molecule has 0 aliphatic heterocycles. The standard InChI is InChI=1S/C17H18O3S/c1-11-8-12(2)17(13(3)9-11)20-10-15-5-4-14(21-15)6-7-16(18)19/h4-9H,10H2,1-3H3,(H,18,19). The molecule has 0 spiro atoms. The average Bonchev–Trinajstić information content (AvgIpc) is 2.83. The van der Waals surface area contributed by atoms with Crippen LogP contribution in [-0.4, -0.2) is 11.1 Å². The SMILES string of the molecule is Cc1cc(C)c(OCc2ccc(C=CC(=O)O)s2)c(C)c1. The van der Waals surface area contributed by atoms with Gasteiger partial charge in [0.25, 0.3) is 0 Å². The van der Waals surface area contributed by atoms with Crippen LogP contribution in [0, 0.1) is 20.8 Å². The lowest BCUT2D eigenvalue weighted by Gasteiger charge is -2.12. The minimum absolute atomic E-state index is 0.496. The predicted molar refractivity (Wildman–Crippen MR) is 86.0 cm³/mol. The quantitative estimate of drug-likeness (QED) is 0.835. The minimum Gasteiger partial charge on any atom is -0.488 e. The van der Waals surface area contributed by atoms with Crippen LogP contribution in [-0.2, 0) is 11.4 Å². The van der Waals surface area contributed by atoms with Crippen molar-refractivity contribution < 1.29 is 14.6 Å². The summed E-state index contributed by atoms with van der Waals surface area (Å²) in [5.41, 5.74) is 3.50. The van der Waals surface area contributed by atoms with Gasteiger partial charge in [0.05, 0.1) is 0 Å². The molecule has 21 heavy (non-hydrogen) atoms. The van der Waals surface area contributed by atoms with E-state index >= 15 is 0 Å². The molecule has 0 unspecified atom stereocenters. The van der Waals surface area contributed by atoms with Gasteiger partial charge in [0.15, 0.2) is 0 Å².